The maximum absolute atomic E-state index is 12.9. The molecule has 0 aliphatic heterocycles. The lowest BCUT2D eigenvalue weighted by molar-refractivity contribution is -0.173. The molecule has 1 atom stereocenters. The van der Waals surface area contributed by atoms with Crippen molar-refractivity contribution in [3.05, 3.63) is 65.7 Å². The fraction of sp³-hybridized carbons (Fsp3) is 0.348. The number of nitrogens with one attached hydrogen (secondary N) is 3. The van der Waals surface area contributed by atoms with Crippen LogP contribution in [0.2, 0.25) is 0 Å². The summed E-state index contributed by atoms with van der Waals surface area (Å²) < 4.78 is 69.4. The molecule has 0 radical (unpaired) electrons. The highest BCUT2D eigenvalue weighted by molar-refractivity contribution is 7.90. The highest BCUT2D eigenvalue weighted by Gasteiger charge is 2.38. The SMILES string of the molecule is CC(C)(C)OC(=O)N[C@@H](Cc1ccccc1)C(=O)NS(=O)(=O)c1ccc(CNC(=O)C(F)(F)F)cc1. The largest absolute Gasteiger partial charge is 0.471 e. The predicted octanol–water partition coefficient (Wildman–Crippen LogP) is 2.81. The van der Waals surface area contributed by atoms with Crippen LogP contribution in [-0.2, 0) is 37.3 Å². The van der Waals surface area contributed by atoms with Gasteiger partial charge in [-0.2, -0.15) is 13.2 Å². The highest BCUT2D eigenvalue weighted by atomic mass is 32.2. The van der Waals surface area contributed by atoms with Crippen molar-refractivity contribution in [3.8, 4) is 0 Å². The van der Waals surface area contributed by atoms with E-state index in [0.29, 0.717) is 5.56 Å². The van der Waals surface area contributed by atoms with Gasteiger partial charge in [0.25, 0.3) is 15.9 Å². The Balaban J connectivity index is 2.14. The van der Waals surface area contributed by atoms with Crippen molar-refractivity contribution in [1.29, 1.82) is 0 Å². The molecule has 0 aliphatic rings. The Morgan fingerprint density at radius 3 is 2.03 bits per heavy atom. The maximum Gasteiger partial charge on any atom is 0.471 e. The minimum Gasteiger partial charge on any atom is -0.444 e. The third kappa shape index (κ3) is 9.21. The molecule has 36 heavy (non-hydrogen) atoms. The van der Waals surface area contributed by atoms with Crippen LogP contribution in [0.1, 0.15) is 31.9 Å². The molecule has 0 aromatic heterocycles. The smallest absolute Gasteiger partial charge is 0.444 e. The molecule has 0 fully saturated rings. The monoisotopic (exact) mass is 529 g/mol. The molecule has 3 amide bonds. The first-order valence-electron chi connectivity index (χ1n) is 10.6. The number of benzene rings is 2. The molecule has 13 heteroatoms. The molecule has 0 spiro atoms. The second-order valence-corrected chi connectivity index (χ2v) is 10.4. The Morgan fingerprint density at radius 2 is 1.50 bits per heavy atom. The third-order valence-electron chi connectivity index (χ3n) is 4.47. The molecule has 0 heterocycles. The van der Waals surface area contributed by atoms with Crippen LogP contribution in [-0.4, -0.2) is 44.1 Å². The summed E-state index contributed by atoms with van der Waals surface area (Å²) in [6, 6.07) is 11.8. The van der Waals surface area contributed by atoms with E-state index in [1.165, 1.54) is 12.1 Å². The van der Waals surface area contributed by atoms with E-state index in [4.69, 9.17) is 4.74 Å². The zero-order chi connectivity index (χ0) is 27.1. The van der Waals surface area contributed by atoms with E-state index in [-0.39, 0.29) is 16.9 Å². The normalized spacial score (nSPS) is 12.8. The van der Waals surface area contributed by atoms with Crippen molar-refractivity contribution in [1.82, 2.24) is 15.4 Å². The fourth-order valence-corrected chi connectivity index (χ4v) is 3.86. The lowest BCUT2D eigenvalue weighted by Gasteiger charge is -2.23. The van der Waals surface area contributed by atoms with Gasteiger partial charge in [0, 0.05) is 13.0 Å². The Morgan fingerprint density at radius 1 is 0.917 bits per heavy atom. The molecule has 0 saturated heterocycles. The number of rotatable bonds is 8. The van der Waals surface area contributed by atoms with Crippen molar-refractivity contribution in [2.75, 3.05) is 0 Å². The number of carbonyl (C=O) groups is 3. The second kappa shape index (κ2) is 11.4. The topological polar surface area (TPSA) is 131 Å². The molecule has 2 rings (SSSR count). The predicted molar refractivity (Wildman–Crippen MR) is 123 cm³/mol. The van der Waals surface area contributed by atoms with E-state index in [2.05, 4.69) is 5.32 Å². The zero-order valence-electron chi connectivity index (χ0n) is 19.7. The van der Waals surface area contributed by atoms with Crippen molar-refractivity contribution < 1.29 is 40.7 Å². The second-order valence-electron chi connectivity index (χ2n) is 8.68. The molecule has 0 aliphatic carbocycles. The fourth-order valence-electron chi connectivity index (χ4n) is 2.84. The van der Waals surface area contributed by atoms with Crippen LogP contribution in [0, 0.1) is 0 Å². The molecular weight excluding hydrogens is 503 g/mol. The molecule has 196 valence electrons. The quantitative estimate of drug-likeness (QED) is 0.482. The maximum atomic E-state index is 12.9. The van der Waals surface area contributed by atoms with Crippen LogP contribution in [0.25, 0.3) is 0 Å². The Bertz CT molecular complexity index is 1180. The summed E-state index contributed by atoms with van der Waals surface area (Å²) in [5.74, 6) is -3.15. The highest BCUT2D eigenvalue weighted by Crippen LogP contribution is 2.16. The van der Waals surface area contributed by atoms with Crippen molar-refractivity contribution in [2.45, 2.75) is 56.5 Å². The molecule has 2 aromatic carbocycles. The molecule has 0 unspecified atom stereocenters. The van der Waals surface area contributed by atoms with Crippen LogP contribution in [0.4, 0.5) is 18.0 Å². The van der Waals surface area contributed by atoms with Gasteiger partial charge >= 0.3 is 18.2 Å². The summed E-state index contributed by atoms with van der Waals surface area (Å²) in [4.78, 5) is 35.7. The van der Waals surface area contributed by atoms with Crippen LogP contribution in [0.15, 0.2) is 59.5 Å². The summed E-state index contributed by atoms with van der Waals surface area (Å²) in [6.07, 6.45) is -5.99. The van der Waals surface area contributed by atoms with E-state index in [1.807, 2.05) is 4.72 Å². The summed E-state index contributed by atoms with van der Waals surface area (Å²) in [5.41, 5.74) is -0.00610. The molecule has 9 nitrogen and oxygen atoms in total. The van der Waals surface area contributed by atoms with E-state index < -0.39 is 52.3 Å². The van der Waals surface area contributed by atoms with E-state index >= 15 is 0 Å². The van der Waals surface area contributed by atoms with Gasteiger partial charge in [-0.3, -0.25) is 9.59 Å². The van der Waals surface area contributed by atoms with Gasteiger partial charge < -0.3 is 15.4 Å². The van der Waals surface area contributed by atoms with Gasteiger partial charge in [0.2, 0.25) is 0 Å². The number of halogens is 3. The average Bonchev–Trinajstić information content (AvgIpc) is 2.75. The third-order valence-corrected chi connectivity index (χ3v) is 5.83. The number of sulfonamides is 1. The number of alkyl halides is 3. The van der Waals surface area contributed by atoms with Gasteiger partial charge in [0.15, 0.2) is 0 Å². The van der Waals surface area contributed by atoms with Gasteiger partial charge in [-0.05, 0) is 44.0 Å². The number of ether oxygens (including phenoxy) is 1. The van der Waals surface area contributed by atoms with Crippen molar-refractivity contribution in [2.24, 2.45) is 0 Å². The van der Waals surface area contributed by atoms with Crippen LogP contribution >= 0.6 is 0 Å². The van der Waals surface area contributed by atoms with E-state index in [1.54, 1.807) is 56.4 Å². The summed E-state index contributed by atoms with van der Waals surface area (Å²) >= 11 is 0. The summed E-state index contributed by atoms with van der Waals surface area (Å²) in [6.45, 7) is 4.40. The van der Waals surface area contributed by atoms with Gasteiger partial charge in [-0.15, -0.1) is 0 Å². The van der Waals surface area contributed by atoms with Gasteiger partial charge in [0.1, 0.15) is 11.6 Å². The number of alkyl carbamates (subject to hydrolysis) is 1. The van der Waals surface area contributed by atoms with E-state index in [0.717, 1.165) is 12.1 Å². The summed E-state index contributed by atoms with van der Waals surface area (Å²) in [7, 11) is -4.40. The standard InChI is InChI=1S/C23H26F3N3O6S/c1-22(2,3)35-21(32)28-18(13-15-7-5-4-6-8-15)19(30)29-36(33,34)17-11-9-16(10-12-17)14-27-20(31)23(24,25)26/h4-12,18H,13-14H2,1-3H3,(H,27,31)(H,28,32)(H,29,30)/t18-/m0/s1. The van der Waals surface area contributed by atoms with Gasteiger partial charge in [0.05, 0.1) is 4.90 Å². The summed E-state index contributed by atoms with van der Waals surface area (Å²) in [5, 5.41) is 4.04. The first-order valence-corrected chi connectivity index (χ1v) is 12.1. The number of carbonyl (C=O) groups excluding carboxylic acids is 3. The van der Waals surface area contributed by atoms with Crippen LogP contribution in [0.3, 0.4) is 0 Å². The van der Waals surface area contributed by atoms with Crippen molar-refractivity contribution >= 4 is 27.9 Å². The molecular formula is C23H26F3N3O6S. The minimum atomic E-state index is -5.04. The lowest BCUT2D eigenvalue weighted by Crippen LogP contribution is -2.50. The zero-order valence-corrected chi connectivity index (χ0v) is 20.5. The Hall–Kier alpha value is -3.61. The molecule has 0 bridgehead atoms. The molecule has 0 saturated carbocycles. The molecule has 2 aromatic rings. The van der Waals surface area contributed by atoms with Crippen LogP contribution in [0.5, 0.6) is 0 Å². The van der Waals surface area contributed by atoms with Crippen LogP contribution < -0.4 is 15.4 Å². The first kappa shape index (κ1) is 28.6. The number of hydrogen-bond acceptors (Lipinski definition) is 6. The van der Waals surface area contributed by atoms with Gasteiger partial charge in [-0.1, -0.05) is 42.5 Å². The number of hydrogen-bond donors (Lipinski definition) is 3. The minimum absolute atomic E-state index is 0.0285. The Kier molecular flexibility index (Phi) is 9.08. The Labute approximate surface area is 206 Å². The first-order chi connectivity index (χ1) is 16.6. The van der Waals surface area contributed by atoms with Gasteiger partial charge in [-0.25, -0.2) is 17.9 Å². The number of amides is 3. The average molecular weight is 530 g/mol. The lowest BCUT2D eigenvalue weighted by atomic mass is 10.1. The molecule has 3 N–H and O–H groups in total. The van der Waals surface area contributed by atoms with E-state index in [9.17, 15) is 36.0 Å². The van der Waals surface area contributed by atoms with Crippen molar-refractivity contribution in [3.63, 3.8) is 0 Å².